The van der Waals surface area contributed by atoms with E-state index in [2.05, 4.69) is 10.2 Å². The molecule has 35 heavy (non-hydrogen) atoms. The molecule has 1 aromatic carbocycles. The SMILES string of the molecule is CC(C)(C)[C@H](NC(=O)c1ccc(C2CCN(C3CC3)CC2)cc1)C(=O)N1C[C@H](O)[C@H]2OCC(=O)[C@H]21. The van der Waals surface area contributed by atoms with Gasteiger partial charge in [-0.05, 0) is 67.8 Å². The number of Topliss-reactive ketones (excluding diaryl/α,β-unsaturated/α-hetero) is 1. The van der Waals surface area contributed by atoms with Crippen LogP contribution in [0, 0.1) is 5.41 Å². The number of rotatable bonds is 5. The van der Waals surface area contributed by atoms with Crippen LogP contribution in [0.2, 0.25) is 0 Å². The summed E-state index contributed by atoms with van der Waals surface area (Å²) < 4.78 is 5.40. The highest BCUT2D eigenvalue weighted by Gasteiger charge is 2.53. The van der Waals surface area contributed by atoms with E-state index in [9.17, 15) is 19.5 Å². The highest BCUT2D eigenvalue weighted by Crippen LogP contribution is 2.35. The van der Waals surface area contributed by atoms with Gasteiger partial charge in [-0.3, -0.25) is 14.4 Å². The fraction of sp³-hybridized carbons (Fsp3) is 0.667. The summed E-state index contributed by atoms with van der Waals surface area (Å²) in [5, 5.41) is 13.2. The average molecular weight is 484 g/mol. The Bertz CT molecular complexity index is 976. The predicted octanol–water partition coefficient (Wildman–Crippen LogP) is 1.71. The number of aliphatic hydroxyl groups excluding tert-OH is 1. The molecule has 3 saturated heterocycles. The molecule has 0 aromatic heterocycles. The lowest BCUT2D eigenvalue weighted by atomic mass is 9.85. The van der Waals surface area contributed by atoms with Crippen LogP contribution in [-0.4, -0.2) is 89.1 Å². The lowest BCUT2D eigenvalue weighted by Crippen LogP contribution is -2.57. The molecule has 0 unspecified atom stereocenters. The summed E-state index contributed by atoms with van der Waals surface area (Å²) in [6.45, 7) is 7.85. The van der Waals surface area contributed by atoms with Crippen LogP contribution < -0.4 is 5.32 Å². The number of carbonyl (C=O) groups excluding carboxylic acids is 3. The maximum absolute atomic E-state index is 13.5. The number of β-amino-alcohol motifs (C(OH)–C–C–N with tert-alkyl or cyclic N) is 1. The summed E-state index contributed by atoms with van der Waals surface area (Å²) in [7, 11) is 0. The summed E-state index contributed by atoms with van der Waals surface area (Å²) >= 11 is 0. The molecule has 0 spiro atoms. The zero-order chi connectivity index (χ0) is 24.9. The van der Waals surface area contributed by atoms with Crippen molar-refractivity contribution >= 4 is 17.6 Å². The maximum atomic E-state index is 13.5. The van der Waals surface area contributed by atoms with Crippen LogP contribution in [0.1, 0.15) is 68.3 Å². The van der Waals surface area contributed by atoms with E-state index >= 15 is 0 Å². The number of fused-ring (bicyclic) bond motifs is 1. The molecule has 3 aliphatic heterocycles. The van der Waals surface area contributed by atoms with Gasteiger partial charge in [0.25, 0.3) is 5.91 Å². The van der Waals surface area contributed by atoms with Gasteiger partial charge in [0, 0.05) is 11.6 Å². The number of carbonyl (C=O) groups is 3. The van der Waals surface area contributed by atoms with Gasteiger partial charge in [0.2, 0.25) is 5.91 Å². The third kappa shape index (κ3) is 4.88. The number of ketones is 1. The van der Waals surface area contributed by atoms with E-state index in [0.717, 1.165) is 32.0 Å². The second kappa shape index (κ2) is 9.30. The van der Waals surface area contributed by atoms with Crippen molar-refractivity contribution < 1.29 is 24.2 Å². The Balaban J connectivity index is 1.25. The van der Waals surface area contributed by atoms with Crippen LogP contribution in [0.4, 0.5) is 0 Å². The van der Waals surface area contributed by atoms with Gasteiger partial charge in [-0.15, -0.1) is 0 Å². The van der Waals surface area contributed by atoms with Crippen molar-refractivity contribution in [1.82, 2.24) is 15.1 Å². The molecule has 0 radical (unpaired) electrons. The van der Waals surface area contributed by atoms with E-state index in [1.807, 2.05) is 45.0 Å². The number of ether oxygens (including phenoxy) is 1. The number of hydrogen-bond acceptors (Lipinski definition) is 6. The van der Waals surface area contributed by atoms with Crippen molar-refractivity contribution in [2.45, 2.75) is 82.7 Å². The van der Waals surface area contributed by atoms with E-state index in [1.54, 1.807) is 0 Å². The minimum atomic E-state index is -0.907. The Kier molecular flexibility index (Phi) is 6.48. The smallest absolute Gasteiger partial charge is 0.251 e. The van der Waals surface area contributed by atoms with Crippen molar-refractivity contribution in [3.05, 3.63) is 35.4 Å². The molecule has 190 valence electrons. The second-order valence-electron chi connectivity index (χ2n) is 11.7. The first-order chi connectivity index (χ1) is 16.6. The number of nitrogens with one attached hydrogen (secondary N) is 1. The van der Waals surface area contributed by atoms with Crippen LogP contribution in [0.5, 0.6) is 0 Å². The average Bonchev–Trinajstić information content (AvgIpc) is 3.54. The fourth-order valence-corrected chi connectivity index (χ4v) is 5.83. The van der Waals surface area contributed by atoms with Gasteiger partial charge < -0.3 is 25.0 Å². The summed E-state index contributed by atoms with van der Waals surface area (Å²) in [5.74, 6) is -0.377. The quantitative estimate of drug-likeness (QED) is 0.662. The Morgan fingerprint density at radius 1 is 1.09 bits per heavy atom. The van der Waals surface area contributed by atoms with Gasteiger partial charge in [0.1, 0.15) is 30.9 Å². The molecule has 1 aliphatic carbocycles. The Morgan fingerprint density at radius 2 is 1.74 bits per heavy atom. The number of benzene rings is 1. The largest absolute Gasteiger partial charge is 0.388 e. The molecule has 1 aromatic rings. The minimum absolute atomic E-state index is 0.0244. The second-order valence-corrected chi connectivity index (χ2v) is 11.7. The highest BCUT2D eigenvalue weighted by molar-refractivity contribution is 5.99. The summed E-state index contributed by atoms with van der Waals surface area (Å²) in [4.78, 5) is 43.0. The van der Waals surface area contributed by atoms with Crippen molar-refractivity contribution in [3.63, 3.8) is 0 Å². The summed E-state index contributed by atoms with van der Waals surface area (Å²) in [6, 6.07) is 6.94. The highest BCUT2D eigenvalue weighted by atomic mass is 16.5. The normalized spacial score (nSPS) is 28.7. The van der Waals surface area contributed by atoms with Gasteiger partial charge >= 0.3 is 0 Å². The molecule has 3 heterocycles. The molecule has 2 N–H and O–H groups in total. The molecule has 2 amide bonds. The van der Waals surface area contributed by atoms with E-state index in [1.165, 1.54) is 23.3 Å². The Labute approximate surface area is 207 Å². The number of piperidine rings is 1. The number of aliphatic hydroxyl groups is 1. The molecular formula is C27H37N3O5. The van der Waals surface area contributed by atoms with Crippen LogP contribution in [0.15, 0.2) is 24.3 Å². The zero-order valence-electron chi connectivity index (χ0n) is 20.9. The van der Waals surface area contributed by atoms with Gasteiger partial charge in [0.15, 0.2) is 5.78 Å². The van der Waals surface area contributed by atoms with Crippen LogP contribution >= 0.6 is 0 Å². The number of amides is 2. The van der Waals surface area contributed by atoms with Crippen molar-refractivity contribution in [1.29, 1.82) is 0 Å². The first-order valence-corrected chi connectivity index (χ1v) is 12.9. The molecule has 8 heteroatoms. The van der Waals surface area contributed by atoms with Gasteiger partial charge in [-0.2, -0.15) is 0 Å². The molecule has 4 atom stereocenters. The van der Waals surface area contributed by atoms with E-state index in [0.29, 0.717) is 11.5 Å². The minimum Gasteiger partial charge on any atom is -0.388 e. The van der Waals surface area contributed by atoms with Crippen LogP contribution in [0.25, 0.3) is 0 Å². The van der Waals surface area contributed by atoms with Crippen LogP contribution in [-0.2, 0) is 14.3 Å². The first kappa shape index (κ1) is 24.4. The zero-order valence-corrected chi connectivity index (χ0v) is 20.9. The molecule has 8 nitrogen and oxygen atoms in total. The maximum Gasteiger partial charge on any atom is 0.251 e. The standard InChI is InChI=1S/C27H37N3O5/c1-27(2,3)24(26(34)30-14-20(31)23-22(30)21(32)15-35-23)28-25(33)18-6-4-16(5-7-18)17-10-12-29(13-11-17)19-8-9-19/h4-7,17,19-20,22-24,31H,8-15H2,1-3H3,(H,28,33)/t20-,22+,23+,24+/m0/s1. The molecule has 5 rings (SSSR count). The fourth-order valence-electron chi connectivity index (χ4n) is 5.83. The molecule has 0 bridgehead atoms. The molecule has 4 aliphatic rings. The number of hydrogen-bond donors (Lipinski definition) is 2. The lowest BCUT2D eigenvalue weighted by molar-refractivity contribution is -0.140. The Morgan fingerprint density at radius 3 is 2.34 bits per heavy atom. The Hall–Kier alpha value is -2.29. The number of nitrogens with zero attached hydrogens (tertiary/aromatic N) is 2. The summed E-state index contributed by atoms with van der Waals surface area (Å²) in [6.07, 6.45) is 3.39. The monoisotopic (exact) mass is 483 g/mol. The lowest BCUT2D eigenvalue weighted by Gasteiger charge is -2.35. The van der Waals surface area contributed by atoms with Gasteiger partial charge in [0.05, 0.1) is 6.54 Å². The summed E-state index contributed by atoms with van der Waals surface area (Å²) in [5.41, 5.74) is 1.18. The van der Waals surface area contributed by atoms with Crippen molar-refractivity contribution in [2.75, 3.05) is 26.2 Å². The van der Waals surface area contributed by atoms with Crippen LogP contribution in [0.3, 0.4) is 0 Å². The van der Waals surface area contributed by atoms with E-state index in [-0.39, 0.29) is 30.7 Å². The number of likely N-dealkylation sites (tertiary alicyclic amines) is 2. The van der Waals surface area contributed by atoms with E-state index in [4.69, 9.17) is 4.74 Å². The molecule has 1 saturated carbocycles. The van der Waals surface area contributed by atoms with Gasteiger partial charge in [-0.1, -0.05) is 32.9 Å². The first-order valence-electron chi connectivity index (χ1n) is 12.9. The third-order valence-corrected chi connectivity index (χ3v) is 8.07. The topological polar surface area (TPSA) is 99.2 Å². The van der Waals surface area contributed by atoms with Gasteiger partial charge in [-0.25, -0.2) is 0 Å². The third-order valence-electron chi connectivity index (χ3n) is 8.07. The predicted molar refractivity (Wildman–Crippen MR) is 130 cm³/mol. The molecular weight excluding hydrogens is 446 g/mol. The van der Waals surface area contributed by atoms with E-state index < -0.39 is 29.7 Å². The van der Waals surface area contributed by atoms with Crippen molar-refractivity contribution in [2.24, 2.45) is 5.41 Å². The molecule has 4 fully saturated rings. The van der Waals surface area contributed by atoms with Crippen molar-refractivity contribution in [3.8, 4) is 0 Å².